The predicted octanol–water partition coefficient (Wildman–Crippen LogP) is 2.94. The number of likely N-dealkylation sites (N-methyl/N-ethyl adjacent to an activating group) is 1. The van der Waals surface area contributed by atoms with Crippen molar-refractivity contribution in [1.82, 2.24) is 0 Å². The minimum Gasteiger partial charge on any atom is -0.463 e. The maximum atomic E-state index is 11.5. The summed E-state index contributed by atoms with van der Waals surface area (Å²) < 4.78 is 4.94. The summed E-state index contributed by atoms with van der Waals surface area (Å²) in [5.74, 6) is -0.316. The average Bonchev–Trinajstić information content (AvgIpc) is 2.35. The van der Waals surface area contributed by atoms with Gasteiger partial charge in [-0.05, 0) is 38.5 Å². The Morgan fingerprint density at radius 3 is 2.67 bits per heavy atom. The van der Waals surface area contributed by atoms with Crippen LogP contribution in [0, 0.1) is 6.92 Å². The van der Waals surface area contributed by atoms with Gasteiger partial charge < -0.3 is 9.64 Å². The van der Waals surface area contributed by atoms with Crippen molar-refractivity contribution in [3.05, 3.63) is 42.0 Å². The van der Waals surface area contributed by atoms with Crippen LogP contribution in [0.2, 0.25) is 0 Å². The largest absolute Gasteiger partial charge is 0.463 e. The zero-order valence-electron chi connectivity index (χ0n) is 11.4. The van der Waals surface area contributed by atoms with Crippen LogP contribution in [-0.4, -0.2) is 25.7 Å². The van der Waals surface area contributed by atoms with E-state index in [-0.39, 0.29) is 5.97 Å². The first kappa shape index (κ1) is 14.3. The second-order valence-corrected chi connectivity index (χ2v) is 4.18. The lowest BCUT2D eigenvalue weighted by molar-refractivity contribution is -0.138. The SMILES string of the molecule is C=C(CN(CC)c1cccc(C)c1)C(=O)OCC. The van der Waals surface area contributed by atoms with Crippen molar-refractivity contribution in [3.8, 4) is 0 Å². The minimum absolute atomic E-state index is 0.316. The number of benzene rings is 1. The Balaban J connectivity index is 2.73. The van der Waals surface area contributed by atoms with Crippen molar-refractivity contribution >= 4 is 11.7 Å². The molecule has 3 nitrogen and oxygen atoms in total. The first-order valence-corrected chi connectivity index (χ1v) is 6.25. The van der Waals surface area contributed by atoms with Gasteiger partial charge in [-0.2, -0.15) is 0 Å². The molecule has 0 amide bonds. The summed E-state index contributed by atoms with van der Waals surface area (Å²) in [4.78, 5) is 13.6. The van der Waals surface area contributed by atoms with Crippen LogP contribution in [-0.2, 0) is 9.53 Å². The Bertz CT molecular complexity index is 426. The molecule has 0 fully saturated rings. The molecule has 0 saturated carbocycles. The fraction of sp³-hybridized carbons (Fsp3) is 0.400. The van der Waals surface area contributed by atoms with Gasteiger partial charge in [0.25, 0.3) is 0 Å². The molecule has 0 heterocycles. The number of rotatable bonds is 6. The molecule has 0 spiro atoms. The molecule has 0 aliphatic heterocycles. The summed E-state index contributed by atoms with van der Waals surface area (Å²) in [6.07, 6.45) is 0. The topological polar surface area (TPSA) is 29.5 Å². The number of carbonyl (C=O) groups is 1. The van der Waals surface area contributed by atoms with E-state index in [2.05, 4.69) is 37.5 Å². The first-order chi connectivity index (χ1) is 8.58. The molecule has 0 atom stereocenters. The third-order valence-electron chi connectivity index (χ3n) is 2.69. The predicted molar refractivity (Wildman–Crippen MR) is 74.8 cm³/mol. The molecule has 0 aliphatic carbocycles. The quantitative estimate of drug-likeness (QED) is 0.572. The molecule has 0 aromatic heterocycles. The van der Waals surface area contributed by atoms with Gasteiger partial charge in [0.1, 0.15) is 0 Å². The summed E-state index contributed by atoms with van der Waals surface area (Å²) >= 11 is 0. The molecule has 0 N–H and O–H groups in total. The summed E-state index contributed by atoms with van der Waals surface area (Å²) in [5.41, 5.74) is 2.79. The Kier molecular flexibility index (Phi) is 5.43. The van der Waals surface area contributed by atoms with Crippen LogP contribution in [0.3, 0.4) is 0 Å². The van der Waals surface area contributed by atoms with E-state index < -0.39 is 0 Å². The number of anilines is 1. The lowest BCUT2D eigenvalue weighted by Gasteiger charge is -2.23. The maximum Gasteiger partial charge on any atom is 0.335 e. The molecule has 18 heavy (non-hydrogen) atoms. The summed E-state index contributed by atoms with van der Waals surface area (Å²) in [6, 6.07) is 8.20. The van der Waals surface area contributed by atoms with E-state index in [9.17, 15) is 4.79 Å². The summed E-state index contributed by atoms with van der Waals surface area (Å²) in [6.45, 7) is 11.4. The van der Waals surface area contributed by atoms with Gasteiger partial charge in [-0.1, -0.05) is 18.7 Å². The Morgan fingerprint density at radius 2 is 2.11 bits per heavy atom. The Morgan fingerprint density at radius 1 is 1.39 bits per heavy atom. The molecular weight excluding hydrogens is 226 g/mol. The number of carbonyl (C=O) groups excluding carboxylic acids is 1. The van der Waals surface area contributed by atoms with Crippen molar-refractivity contribution < 1.29 is 9.53 Å². The van der Waals surface area contributed by atoms with Crippen molar-refractivity contribution in [2.45, 2.75) is 20.8 Å². The van der Waals surface area contributed by atoms with Gasteiger partial charge in [0.05, 0.1) is 6.61 Å². The van der Waals surface area contributed by atoms with Gasteiger partial charge in [0, 0.05) is 24.4 Å². The molecule has 0 unspecified atom stereocenters. The van der Waals surface area contributed by atoms with Gasteiger partial charge in [0.15, 0.2) is 0 Å². The highest BCUT2D eigenvalue weighted by molar-refractivity contribution is 5.88. The van der Waals surface area contributed by atoms with Crippen molar-refractivity contribution in [2.75, 3.05) is 24.6 Å². The van der Waals surface area contributed by atoms with Gasteiger partial charge in [-0.3, -0.25) is 0 Å². The Hall–Kier alpha value is -1.77. The molecular formula is C15H21NO2. The molecule has 1 rings (SSSR count). The highest BCUT2D eigenvalue weighted by Gasteiger charge is 2.12. The van der Waals surface area contributed by atoms with E-state index in [1.54, 1.807) is 6.92 Å². The number of nitrogens with zero attached hydrogens (tertiary/aromatic N) is 1. The van der Waals surface area contributed by atoms with Crippen LogP contribution in [0.15, 0.2) is 36.4 Å². The van der Waals surface area contributed by atoms with Gasteiger partial charge in [-0.25, -0.2) is 4.79 Å². The Labute approximate surface area is 109 Å². The van der Waals surface area contributed by atoms with Crippen molar-refractivity contribution in [3.63, 3.8) is 0 Å². The zero-order valence-corrected chi connectivity index (χ0v) is 11.4. The highest BCUT2D eigenvalue weighted by atomic mass is 16.5. The second-order valence-electron chi connectivity index (χ2n) is 4.18. The lowest BCUT2D eigenvalue weighted by Crippen LogP contribution is -2.28. The fourth-order valence-electron chi connectivity index (χ4n) is 1.74. The van der Waals surface area contributed by atoms with Crippen LogP contribution in [0.1, 0.15) is 19.4 Å². The maximum absolute atomic E-state index is 11.5. The third kappa shape index (κ3) is 3.91. The van der Waals surface area contributed by atoms with Crippen LogP contribution < -0.4 is 4.90 Å². The van der Waals surface area contributed by atoms with E-state index in [1.165, 1.54) is 5.56 Å². The average molecular weight is 247 g/mol. The molecule has 3 heteroatoms. The lowest BCUT2D eigenvalue weighted by atomic mass is 10.2. The molecule has 0 bridgehead atoms. The fourth-order valence-corrected chi connectivity index (χ4v) is 1.74. The molecule has 1 aromatic carbocycles. The molecule has 0 radical (unpaired) electrons. The second kappa shape index (κ2) is 6.84. The van der Waals surface area contributed by atoms with Crippen LogP contribution >= 0.6 is 0 Å². The third-order valence-corrected chi connectivity index (χ3v) is 2.69. The van der Waals surface area contributed by atoms with E-state index in [4.69, 9.17) is 4.74 Å². The van der Waals surface area contributed by atoms with E-state index in [1.807, 2.05) is 12.1 Å². The first-order valence-electron chi connectivity index (χ1n) is 6.25. The van der Waals surface area contributed by atoms with E-state index in [0.29, 0.717) is 18.7 Å². The summed E-state index contributed by atoms with van der Waals surface area (Å²) in [5, 5.41) is 0. The zero-order chi connectivity index (χ0) is 13.5. The standard InChI is InChI=1S/C15H21NO2/c1-5-16(11-13(4)15(17)18-6-2)14-9-7-8-12(3)10-14/h7-10H,4-6,11H2,1-3H3. The molecule has 98 valence electrons. The smallest absolute Gasteiger partial charge is 0.335 e. The van der Waals surface area contributed by atoms with Gasteiger partial charge in [-0.15, -0.1) is 0 Å². The molecule has 0 aliphatic rings. The van der Waals surface area contributed by atoms with Crippen LogP contribution in [0.5, 0.6) is 0 Å². The number of esters is 1. The normalized spacial score (nSPS) is 9.94. The number of hydrogen-bond donors (Lipinski definition) is 0. The number of aryl methyl sites for hydroxylation is 1. The van der Waals surface area contributed by atoms with Crippen LogP contribution in [0.25, 0.3) is 0 Å². The van der Waals surface area contributed by atoms with Crippen molar-refractivity contribution in [1.29, 1.82) is 0 Å². The minimum atomic E-state index is -0.316. The van der Waals surface area contributed by atoms with Crippen LogP contribution in [0.4, 0.5) is 5.69 Å². The van der Waals surface area contributed by atoms with Gasteiger partial charge in [0.2, 0.25) is 0 Å². The molecule has 1 aromatic rings. The van der Waals surface area contributed by atoms with Crippen molar-refractivity contribution in [2.24, 2.45) is 0 Å². The molecule has 0 saturated heterocycles. The number of hydrogen-bond acceptors (Lipinski definition) is 3. The van der Waals surface area contributed by atoms with E-state index in [0.717, 1.165) is 12.2 Å². The van der Waals surface area contributed by atoms with E-state index >= 15 is 0 Å². The monoisotopic (exact) mass is 247 g/mol. The summed E-state index contributed by atoms with van der Waals surface area (Å²) in [7, 11) is 0. The number of ether oxygens (including phenoxy) is 1. The van der Waals surface area contributed by atoms with Gasteiger partial charge >= 0.3 is 5.97 Å². The highest BCUT2D eigenvalue weighted by Crippen LogP contribution is 2.17.